The van der Waals surface area contributed by atoms with Gasteiger partial charge in [0, 0.05) is 18.4 Å². The topological polar surface area (TPSA) is 116 Å². The van der Waals surface area contributed by atoms with Gasteiger partial charge in [-0.2, -0.15) is 0 Å². The number of benzene rings is 1. The Hall–Kier alpha value is -2.77. The van der Waals surface area contributed by atoms with E-state index in [0.29, 0.717) is 37.3 Å². The summed E-state index contributed by atoms with van der Waals surface area (Å²) in [6, 6.07) is 3.01. The minimum atomic E-state index is -0.771. The van der Waals surface area contributed by atoms with Gasteiger partial charge >= 0.3 is 5.97 Å². The van der Waals surface area contributed by atoms with Crippen molar-refractivity contribution in [3.05, 3.63) is 23.8 Å². The fourth-order valence-corrected chi connectivity index (χ4v) is 5.63. The molecule has 3 rings (SSSR count). The average molecular weight is 489 g/mol. The zero-order valence-electron chi connectivity index (χ0n) is 21.6. The van der Waals surface area contributed by atoms with Gasteiger partial charge in [0.25, 0.3) is 0 Å². The standard InChI is InChI=1S/C27H40N2O6/c1-6-19-13-14-27(5,26(19,3)4)35-25(34)20-8-7-15-29(20)24(33)17(2)28-23(32)12-10-18-9-11-21(30)22(31)16-18/h9,11,16-17,19-20,30-31H,6-8,10,12-15H2,1-5H3,(H,28,32)/t17?,19-,20?,27?/m1/s1. The van der Waals surface area contributed by atoms with Crippen molar-refractivity contribution >= 4 is 17.8 Å². The van der Waals surface area contributed by atoms with E-state index in [2.05, 4.69) is 26.1 Å². The van der Waals surface area contributed by atoms with Gasteiger partial charge in [0.15, 0.2) is 11.5 Å². The summed E-state index contributed by atoms with van der Waals surface area (Å²) in [4.78, 5) is 40.3. The van der Waals surface area contributed by atoms with E-state index in [4.69, 9.17) is 4.74 Å². The van der Waals surface area contributed by atoms with Gasteiger partial charge in [0.2, 0.25) is 11.8 Å². The van der Waals surface area contributed by atoms with Crippen LogP contribution in [0.15, 0.2) is 18.2 Å². The second-order valence-electron chi connectivity index (χ2n) is 10.8. The van der Waals surface area contributed by atoms with E-state index in [1.165, 1.54) is 12.1 Å². The number of nitrogens with zero attached hydrogens (tertiary/aromatic N) is 1. The molecule has 2 aliphatic rings. The molecule has 1 aliphatic carbocycles. The van der Waals surface area contributed by atoms with E-state index >= 15 is 0 Å². The van der Waals surface area contributed by atoms with Gasteiger partial charge in [-0.1, -0.05) is 33.3 Å². The Morgan fingerprint density at radius 3 is 2.51 bits per heavy atom. The Labute approximate surface area is 208 Å². The fraction of sp³-hybridized carbons (Fsp3) is 0.667. The summed E-state index contributed by atoms with van der Waals surface area (Å²) >= 11 is 0. The highest BCUT2D eigenvalue weighted by Crippen LogP contribution is 2.53. The van der Waals surface area contributed by atoms with Crippen LogP contribution in [0.4, 0.5) is 0 Å². The Morgan fingerprint density at radius 2 is 1.89 bits per heavy atom. The van der Waals surface area contributed by atoms with Crippen molar-refractivity contribution in [1.29, 1.82) is 0 Å². The zero-order valence-corrected chi connectivity index (χ0v) is 21.6. The molecule has 0 bridgehead atoms. The molecule has 2 fully saturated rings. The molecule has 8 nitrogen and oxygen atoms in total. The van der Waals surface area contributed by atoms with Crippen molar-refractivity contribution in [3.63, 3.8) is 0 Å². The van der Waals surface area contributed by atoms with Crippen molar-refractivity contribution in [3.8, 4) is 11.5 Å². The SMILES string of the molecule is CC[C@@H]1CCC(C)(OC(=O)C2CCCN2C(=O)C(C)NC(=O)CCc2ccc(O)c(O)c2)C1(C)C. The summed E-state index contributed by atoms with van der Waals surface area (Å²) in [5.74, 6) is -0.911. The smallest absolute Gasteiger partial charge is 0.329 e. The number of likely N-dealkylation sites (tertiary alicyclic amines) is 1. The summed E-state index contributed by atoms with van der Waals surface area (Å²) in [5.41, 5.74) is -0.00393. The maximum atomic E-state index is 13.2. The molecule has 3 unspecified atom stereocenters. The largest absolute Gasteiger partial charge is 0.504 e. The molecule has 3 N–H and O–H groups in total. The van der Waals surface area contributed by atoms with Gasteiger partial charge in [-0.15, -0.1) is 0 Å². The number of phenolic OH excluding ortho intramolecular Hbond substituents is 2. The zero-order chi connectivity index (χ0) is 26.0. The number of hydrogen-bond acceptors (Lipinski definition) is 6. The van der Waals surface area contributed by atoms with Crippen LogP contribution in [0.25, 0.3) is 0 Å². The fourth-order valence-electron chi connectivity index (χ4n) is 5.63. The Kier molecular flexibility index (Phi) is 8.02. The van der Waals surface area contributed by atoms with E-state index < -0.39 is 17.7 Å². The molecule has 194 valence electrons. The number of rotatable bonds is 8. The lowest BCUT2D eigenvalue weighted by atomic mass is 9.72. The first-order valence-corrected chi connectivity index (χ1v) is 12.7. The van der Waals surface area contributed by atoms with Gasteiger partial charge in [-0.3, -0.25) is 9.59 Å². The summed E-state index contributed by atoms with van der Waals surface area (Å²) in [6.45, 7) is 10.6. The summed E-state index contributed by atoms with van der Waals surface area (Å²) in [5, 5.41) is 21.7. The summed E-state index contributed by atoms with van der Waals surface area (Å²) in [7, 11) is 0. The number of aromatic hydroxyl groups is 2. The van der Waals surface area contributed by atoms with Gasteiger partial charge in [-0.25, -0.2) is 4.79 Å². The molecule has 35 heavy (non-hydrogen) atoms. The molecule has 1 aromatic rings. The molecule has 8 heteroatoms. The predicted octanol–water partition coefficient (Wildman–Crippen LogP) is 3.67. The molecule has 1 saturated heterocycles. The summed E-state index contributed by atoms with van der Waals surface area (Å²) in [6.07, 6.45) is 4.63. The number of carbonyl (C=O) groups excluding carboxylic acids is 3. The van der Waals surface area contributed by atoms with Crippen LogP contribution < -0.4 is 5.32 Å². The molecule has 0 aromatic heterocycles. The third kappa shape index (κ3) is 5.57. The van der Waals surface area contributed by atoms with E-state index in [1.54, 1.807) is 17.9 Å². The number of aryl methyl sites for hydroxylation is 1. The first kappa shape index (κ1) is 26.8. The second-order valence-corrected chi connectivity index (χ2v) is 10.8. The summed E-state index contributed by atoms with van der Waals surface area (Å²) < 4.78 is 6.12. The van der Waals surface area contributed by atoms with E-state index in [9.17, 15) is 24.6 Å². The van der Waals surface area contributed by atoms with E-state index in [0.717, 1.165) is 19.3 Å². The molecule has 1 saturated carbocycles. The molecule has 2 amide bonds. The molecular formula is C27H40N2O6. The Morgan fingerprint density at radius 1 is 1.17 bits per heavy atom. The van der Waals surface area contributed by atoms with Crippen molar-refractivity contribution in [1.82, 2.24) is 10.2 Å². The number of amides is 2. The molecule has 0 radical (unpaired) electrons. The van der Waals surface area contributed by atoms with Crippen LogP contribution in [0.2, 0.25) is 0 Å². The van der Waals surface area contributed by atoms with Crippen molar-refractivity contribution in [2.24, 2.45) is 11.3 Å². The number of esters is 1. The van der Waals surface area contributed by atoms with Crippen LogP contribution in [-0.4, -0.2) is 57.1 Å². The minimum Gasteiger partial charge on any atom is -0.504 e. The number of phenols is 2. The molecule has 1 aromatic carbocycles. The van der Waals surface area contributed by atoms with Gasteiger partial charge in [0.05, 0.1) is 0 Å². The Bertz CT molecular complexity index is 961. The molecular weight excluding hydrogens is 448 g/mol. The molecule has 1 aliphatic heterocycles. The van der Waals surface area contributed by atoms with Gasteiger partial charge in [0.1, 0.15) is 17.7 Å². The van der Waals surface area contributed by atoms with Gasteiger partial charge < -0.3 is 25.2 Å². The van der Waals surface area contributed by atoms with Crippen LogP contribution in [0.5, 0.6) is 11.5 Å². The first-order chi connectivity index (χ1) is 16.4. The number of hydrogen-bond donors (Lipinski definition) is 3. The maximum absolute atomic E-state index is 13.2. The highest BCUT2D eigenvalue weighted by atomic mass is 16.6. The van der Waals surface area contributed by atoms with Crippen molar-refractivity contribution in [2.45, 2.75) is 97.2 Å². The predicted molar refractivity (Wildman–Crippen MR) is 132 cm³/mol. The first-order valence-electron chi connectivity index (χ1n) is 12.7. The monoisotopic (exact) mass is 488 g/mol. The maximum Gasteiger partial charge on any atom is 0.329 e. The normalized spacial score (nSPS) is 26.4. The lowest BCUT2D eigenvalue weighted by Gasteiger charge is -2.42. The van der Waals surface area contributed by atoms with Crippen LogP contribution in [0.1, 0.15) is 78.7 Å². The molecule has 4 atom stereocenters. The quantitative estimate of drug-likeness (QED) is 0.380. The average Bonchev–Trinajstić information content (AvgIpc) is 3.37. The lowest BCUT2D eigenvalue weighted by Crippen LogP contribution is -2.53. The number of nitrogens with one attached hydrogen (secondary N) is 1. The van der Waals surface area contributed by atoms with Crippen molar-refractivity contribution in [2.75, 3.05) is 6.54 Å². The third-order valence-corrected chi connectivity index (χ3v) is 8.41. The van der Waals surface area contributed by atoms with Crippen LogP contribution >= 0.6 is 0 Å². The highest BCUT2D eigenvalue weighted by molar-refractivity contribution is 5.91. The van der Waals surface area contributed by atoms with Crippen LogP contribution in [-0.2, 0) is 25.5 Å². The third-order valence-electron chi connectivity index (χ3n) is 8.41. The Balaban J connectivity index is 1.56. The lowest BCUT2D eigenvalue weighted by molar-refractivity contribution is -0.176. The number of carbonyl (C=O) groups is 3. The minimum absolute atomic E-state index is 0.124. The molecule has 0 spiro atoms. The highest BCUT2D eigenvalue weighted by Gasteiger charge is 2.54. The molecule has 1 heterocycles. The van der Waals surface area contributed by atoms with E-state index in [-0.39, 0.29) is 41.1 Å². The van der Waals surface area contributed by atoms with Gasteiger partial charge in [-0.05, 0) is 69.6 Å². The number of ether oxygens (including phenoxy) is 1. The van der Waals surface area contributed by atoms with Crippen LogP contribution in [0, 0.1) is 11.3 Å². The van der Waals surface area contributed by atoms with E-state index in [1.807, 2.05) is 6.92 Å². The van der Waals surface area contributed by atoms with Crippen molar-refractivity contribution < 1.29 is 29.3 Å². The second kappa shape index (κ2) is 10.5. The van der Waals surface area contributed by atoms with Crippen LogP contribution in [0.3, 0.4) is 0 Å².